The van der Waals surface area contributed by atoms with Gasteiger partial charge in [-0.05, 0) is 51.4 Å². The average Bonchev–Trinajstić information content (AvgIpc) is 3.36. The zero-order chi connectivity index (χ0) is 50.6. The molecule has 0 aromatic rings. The van der Waals surface area contributed by atoms with Crippen molar-refractivity contribution < 1.29 is 15.0 Å². The molecule has 3 N–H and O–H groups in total. The summed E-state index contributed by atoms with van der Waals surface area (Å²) in [6.07, 6.45) is 84.6. The molecule has 70 heavy (non-hydrogen) atoms. The van der Waals surface area contributed by atoms with Gasteiger partial charge in [0.1, 0.15) is 0 Å². The van der Waals surface area contributed by atoms with Crippen LogP contribution in [0.15, 0.2) is 36.5 Å². The third-order valence-corrected chi connectivity index (χ3v) is 15.2. The first-order chi connectivity index (χ1) is 34.7. The maximum atomic E-state index is 12.5. The molecule has 4 nitrogen and oxygen atoms in total. The van der Waals surface area contributed by atoms with Gasteiger partial charge in [0.2, 0.25) is 5.91 Å². The molecule has 0 heterocycles. The lowest BCUT2D eigenvalue weighted by Gasteiger charge is -2.22. The van der Waals surface area contributed by atoms with Crippen LogP contribution in [0.25, 0.3) is 0 Å². The quantitative estimate of drug-likeness (QED) is 0.0420. The van der Waals surface area contributed by atoms with Gasteiger partial charge in [-0.25, -0.2) is 0 Å². The minimum atomic E-state index is -0.658. The molecule has 0 fully saturated rings. The van der Waals surface area contributed by atoms with Crippen LogP contribution in [0.5, 0.6) is 0 Å². The van der Waals surface area contributed by atoms with E-state index < -0.39 is 12.1 Å². The molecule has 0 bridgehead atoms. The van der Waals surface area contributed by atoms with Crippen molar-refractivity contribution in [3.63, 3.8) is 0 Å². The Morgan fingerprint density at radius 2 is 0.586 bits per heavy atom. The second kappa shape index (κ2) is 61.9. The Kier molecular flexibility index (Phi) is 60.7. The Balaban J connectivity index is 3.38. The maximum Gasteiger partial charge on any atom is 0.220 e. The summed E-state index contributed by atoms with van der Waals surface area (Å²) in [6, 6.07) is -0.534. The normalized spacial score (nSPS) is 12.9. The van der Waals surface area contributed by atoms with Crippen molar-refractivity contribution in [2.45, 2.75) is 373 Å². The monoisotopic (exact) mass is 982 g/mol. The van der Waals surface area contributed by atoms with Crippen molar-refractivity contribution in [3.8, 4) is 0 Å². The van der Waals surface area contributed by atoms with Gasteiger partial charge >= 0.3 is 0 Å². The molecule has 0 radical (unpaired) electrons. The number of allylic oxidation sites excluding steroid dienone is 6. The van der Waals surface area contributed by atoms with E-state index in [0.717, 1.165) is 38.5 Å². The summed E-state index contributed by atoms with van der Waals surface area (Å²) >= 11 is 0. The van der Waals surface area contributed by atoms with Gasteiger partial charge in [-0.3, -0.25) is 4.79 Å². The molecule has 0 rings (SSSR count). The summed E-state index contributed by atoms with van der Waals surface area (Å²) < 4.78 is 0. The van der Waals surface area contributed by atoms with Gasteiger partial charge in [0.05, 0.1) is 18.8 Å². The van der Waals surface area contributed by atoms with Crippen LogP contribution in [0.3, 0.4) is 0 Å². The number of carbonyl (C=O) groups excluding carboxylic acids is 1. The van der Waals surface area contributed by atoms with Gasteiger partial charge in [0.15, 0.2) is 0 Å². The van der Waals surface area contributed by atoms with Crippen LogP contribution in [0.4, 0.5) is 0 Å². The number of carbonyl (C=O) groups is 1. The lowest BCUT2D eigenvalue weighted by Crippen LogP contribution is -2.45. The second-order valence-electron chi connectivity index (χ2n) is 22.2. The van der Waals surface area contributed by atoms with E-state index in [2.05, 4.69) is 55.6 Å². The van der Waals surface area contributed by atoms with Crippen LogP contribution in [0.1, 0.15) is 361 Å². The van der Waals surface area contributed by atoms with Crippen molar-refractivity contribution >= 4 is 5.91 Å². The largest absolute Gasteiger partial charge is 0.394 e. The fourth-order valence-corrected chi connectivity index (χ4v) is 10.3. The second-order valence-corrected chi connectivity index (χ2v) is 22.2. The fraction of sp³-hybridized carbons (Fsp3) is 0.894. The number of hydrogen-bond acceptors (Lipinski definition) is 3. The Labute approximate surface area is 440 Å². The molecule has 0 aromatic carbocycles. The van der Waals surface area contributed by atoms with Gasteiger partial charge in [-0.2, -0.15) is 0 Å². The molecule has 0 aromatic heterocycles. The molecule has 0 spiro atoms. The number of unbranched alkanes of at least 4 members (excludes halogenated alkanes) is 47. The molecule has 0 aliphatic carbocycles. The molecule has 0 saturated heterocycles. The van der Waals surface area contributed by atoms with E-state index in [-0.39, 0.29) is 12.5 Å². The molecule has 2 atom stereocenters. The van der Waals surface area contributed by atoms with Gasteiger partial charge in [0.25, 0.3) is 0 Å². The molecule has 414 valence electrons. The molecule has 4 heteroatoms. The lowest BCUT2D eigenvalue weighted by molar-refractivity contribution is -0.123. The summed E-state index contributed by atoms with van der Waals surface area (Å²) in [7, 11) is 0. The number of rotatable bonds is 60. The van der Waals surface area contributed by atoms with Crippen LogP contribution in [0, 0.1) is 0 Å². The molecular formula is C66H127NO3. The number of aliphatic hydroxyl groups excluding tert-OH is 2. The minimum Gasteiger partial charge on any atom is -0.394 e. The molecule has 0 aliphatic heterocycles. The zero-order valence-electron chi connectivity index (χ0n) is 47.8. The maximum absolute atomic E-state index is 12.5. The predicted octanol–water partition coefficient (Wildman–Crippen LogP) is 21.6. The van der Waals surface area contributed by atoms with Gasteiger partial charge in [-0.15, -0.1) is 0 Å². The predicted molar refractivity (Wildman–Crippen MR) is 313 cm³/mol. The van der Waals surface area contributed by atoms with Crippen molar-refractivity contribution in [3.05, 3.63) is 36.5 Å². The molecular weight excluding hydrogens is 855 g/mol. The highest BCUT2D eigenvalue weighted by atomic mass is 16.3. The topological polar surface area (TPSA) is 69.6 Å². The number of aliphatic hydroxyl groups is 2. The zero-order valence-corrected chi connectivity index (χ0v) is 47.8. The fourth-order valence-electron chi connectivity index (χ4n) is 10.3. The first-order valence-electron chi connectivity index (χ1n) is 32.2. The highest BCUT2D eigenvalue weighted by Crippen LogP contribution is 2.19. The van der Waals surface area contributed by atoms with E-state index in [1.165, 1.54) is 295 Å². The van der Waals surface area contributed by atoms with E-state index >= 15 is 0 Å². The Morgan fingerprint density at radius 3 is 0.871 bits per heavy atom. The summed E-state index contributed by atoms with van der Waals surface area (Å²) in [5.41, 5.74) is 0. The Morgan fingerprint density at radius 1 is 0.343 bits per heavy atom. The highest BCUT2D eigenvalue weighted by molar-refractivity contribution is 5.76. The van der Waals surface area contributed by atoms with Crippen molar-refractivity contribution in [1.29, 1.82) is 0 Å². The smallest absolute Gasteiger partial charge is 0.220 e. The molecule has 0 saturated carbocycles. The SMILES string of the molecule is CCCCCCC/C=C\C/C=C\C/C=C\CCCCCCCCCCCCCCCCCCCCCCCCCCC(=O)NC(CO)C(O)CCCCCCCCCCCCCCCCCCCCC. The van der Waals surface area contributed by atoms with Gasteiger partial charge in [-0.1, -0.05) is 339 Å². The van der Waals surface area contributed by atoms with Gasteiger partial charge in [0, 0.05) is 6.42 Å². The van der Waals surface area contributed by atoms with E-state index in [1.807, 2.05) is 0 Å². The van der Waals surface area contributed by atoms with Crippen molar-refractivity contribution in [2.24, 2.45) is 0 Å². The van der Waals surface area contributed by atoms with Gasteiger partial charge < -0.3 is 15.5 Å². The highest BCUT2D eigenvalue weighted by Gasteiger charge is 2.20. The number of amides is 1. The third-order valence-electron chi connectivity index (χ3n) is 15.2. The third kappa shape index (κ3) is 57.5. The first kappa shape index (κ1) is 68.6. The summed E-state index contributed by atoms with van der Waals surface area (Å²) in [6.45, 7) is 4.38. The van der Waals surface area contributed by atoms with Crippen LogP contribution >= 0.6 is 0 Å². The standard InChI is InChI=1S/C66H127NO3/c1-3-5-7-9-11-13-15-17-19-21-23-24-25-26-27-28-29-30-31-32-33-34-35-36-37-38-39-40-41-42-44-46-48-50-52-54-56-58-60-62-66(70)67-64(63-68)65(69)61-59-57-55-53-51-49-47-45-43-22-20-18-16-14-12-10-8-6-4-2/h15,17,21,23,25-26,64-65,68-69H,3-14,16,18-20,22,24,27-63H2,1-2H3,(H,67,70)/b17-15-,23-21-,26-25-. The van der Waals surface area contributed by atoms with Crippen molar-refractivity contribution in [1.82, 2.24) is 5.32 Å². The van der Waals surface area contributed by atoms with E-state index in [1.54, 1.807) is 0 Å². The number of nitrogens with one attached hydrogen (secondary N) is 1. The minimum absolute atomic E-state index is 0.0236. The van der Waals surface area contributed by atoms with E-state index in [9.17, 15) is 15.0 Å². The van der Waals surface area contributed by atoms with Crippen LogP contribution in [-0.2, 0) is 4.79 Å². The van der Waals surface area contributed by atoms with Crippen LogP contribution < -0.4 is 5.32 Å². The molecule has 2 unspecified atom stereocenters. The van der Waals surface area contributed by atoms with Crippen molar-refractivity contribution in [2.75, 3.05) is 6.61 Å². The van der Waals surface area contributed by atoms with E-state index in [0.29, 0.717) is 12.8 Å². The lowest BCUT2D eigenvalue weighted by atomic mass is 10.0. The summed E-state index contributed by atoms with van der Waals surface area (Å²) in [4.78, 5) is 12.5. The van der Waals surface area contributed by atoms with E-state index in [4.69, 9.17) is 0 Å². The van der Waals surface area contributed by atoms with Crippen LogP contribution in [-0.4, -0.2) is 34.9 Å². The molecule has 0 aliphatic rings. The average molecular weight is 983 g/mol. The number of hydrogen-bond donors (Lipinski definition) is 3. The summed E-state index contributed by atoms with van der Waals surface area (Å²) in [5, 5.41) is 23.4. The first-order valence-corrected chi connectivity index (χ1v) is 32.2. The summed E-state index contributed by atoms with van der Waals surface area (Å²) in [5.74, 6) is -0.0236. The Hall–Kier alpha value is -1.39. The molecule has 1 amide bonds. The van der Waals surface area contributed by atoms with Crippen LogP contribution in [0.2, 0.25) is 0 Å². The Bertz CT molecular complexity index is 1070.